The van der Waals surface area contributed by atoms with Crippen molar-refractivity contribution in [3.8, 4) is 11.1 Å². The number of carbonyl (C=O) groups is 1. The first-order valence-electron chi connectivity index (χ1n) is 5.15. The quantitative estimate of drug-likeness (QED) is 0.796. The minimum absolute atomic E-state index is 0.0515. The van der Waals surface area contributed by atoms with Crippen LogP contribution >= 0.6 is 11.8 Å². The number of rotatable bonds is 2. The Morgan fingerprint density at radius 1 is 0.941 bits per heavy atom. The Balaban J connectivity index is 2.29. The van der Waals surface area contributed by atoms with Crippen LogP contribution < -0.4 is 0 Å². The summed E-state index contributed by atoms with van der Waals surface area (Å²) in [6.07, 6.45) is 1.76. The SMILES string of the molecule is CSC(=O)c1ccc(-c2ccc(F)cc2)cc1. The first-order valence-corrected chi connectivity index (χ1v) is 6.37. The van der Waals surface area contributed by atoms with Crippen molar-refractivity contribution in [1.82, 2.24) is 0 Å². The average molecular weight is 246 g/mol. The van der Waals surface area contributed by atoms with Gasteiger partial charge in [-0.2, -0.15) is 0 Å². The Morgan fingerprint density at radius 2 is 1.41 bits per heavy atom. The van der Waals surface area contributed by atoms with Gasteiger partial charge in [-0.15, -0.1) is 0 Å². The average Bonchev–Trinajstić information content (AvgIpc) is 2.39. The first-order chi connectivity index (χ1) is 8.20. The molecule has 0 heterocycles. The topological polar surface area (TPSA) is 17.1 Å². The van der Waals surface area contributed by atoms with E-state index in [0.29, 0.717) is 5.56 Å². The Labute approximate surface area is 104 Å². The van der Waals surface area contributed by atoms with E-state index in [4.69, 9.17) is 0 Å². The second-order valence-electron chi connectivity index (χ2n) is 3.58. The molecule has 0 amide bonds. The molecular weight excluding hydrogens is 235 g/mol. The minimum atomic E-state index is -0.247. The maximum Gasteiger partial charge on any atom is 0.219 e. The van der Waals surface area contributed by atoms with Crippen LogP contribution in [0.25, 0.3) is 11.1 Å². The lowest BCUT2D eigenvalue weighted by Crippen LogP contribution is -1.91. The predicted molar refractivity (Wildman–Crippen MR) is 69.7 cm³/mol. The number of hydrogen-bond acceptors (Lipinski definition) is 2. The monoisotopic (exact) mass is 246 g/mol. The van der Waals surface area contributed by atoms with Crippen LogP contribution in [0.15, 0.2) is 48.5 Å². The maximum absolute atomic E-state index is 12.8. The summed E-state index contributed by atoms with van der Waals surface area (Å²) in [6.45, 7) is 0. The fourth-order valence-corrected chi connectivity index (χ4v) is 1.93. The summed E-state index contributed by atoms with van der Waals surface area (Å²) in [5.41, 5.74) is 2.60. The molecule has 1 nitrogen and oxygen atoms in total. The van der Waals surface area contributed by atoms with Gasteiger partial charge in [0.05, 0.1) is 0 Å². The van der Waals surface area contributed by atoms with Crippen LogP contribution in [0.5, 0.6) is 0 Å². The van der Waals surface area contributed by atoms with E-state index in [2.05, 4.69) is 0 Å². The highest BCUT2D eigenvalue weighted by molar-refractivity contribution is 8.13. The molecule has 0 bridgehead atoms. The van der Waals surface area contributed by atoms with Crippen LogP contribution in [0.4, 0.5) is 4.39 Å². The molecule has 2 aromatic carbocycles. The van der Waals surface area contributed by atoms with Gasteiger partial charge in [0.15, 0.2) is 0 Å². The summed E-state index contributed by atoms with van der Waals surface area (Å²) in [5, 5.41) is 0.0515. The Kier molecular flexibility index (Phi) is 3.59. The molecule has 0 aromatic heterocycles. The second kappa shape index (κ2) is 5.15. The van der Waals surface area contributed by atoms with Crippen LogP contribution in [-0.2, 0) is 0 Å². The highest BCUT2D eigenvalue weighted by Crippen LogP contribution is 2.21. The molecule has 3 heteroatoms. The number of carbonyl (C=O) groups excluding carboxylic acids is 1. The van der Waals surface area contributed by atoms with Gasteiger partial charge in [-0.1, -0.05) is 36.0 Å². The van der Waals surface area contributed by atoms with Crippen molar-refractivity contribution >= 4 is 16.9 Å². The van der Waals surface area contributed by atoms with Crippen molar-refractivity contribution < 1.29 is 9.18 Å². The molecule has 86 valence electrons. The van der Waals surface area contributed by atoms with E-state index >= 15 is 0 Å². The highest BCUT2D eigenvalue weighted by atomic mass is 32.2. The van der Waals surface area contributed by atoms with Crippen LogP contribution in [0.2, 0.25) is 0 Å². The van der Waals surface area contributed by atoms with Gasteiger partial charge in [-0.05, 0) is 41.6 Å². The lowest BCUT2D eigenvalue weighted by atomic mass is 10.0. The van der Waals surface area contributed by atoms with Gasteiger partial charge in [0.25, 0.3) is 0 Å². The first kappa shape index (κ1) is 11.9. The zero-order valence-corrected chi connectivity index (χ0v) is 10.1. The Morgan fingerprint density at radius 3 is 1.88 bits per heavy atom. The van der Waals surface area contributed by atoms with Crippen molar-refractivity contribution in [3.05, 3.63) is 59.9 Å². The van der Waals surface area contributed by atoms with E-state index in [1.54, 1.807) is 30.5 Å². The van der Waals surface area contributed by atoms with Crippen molar-refractivity contribution in [2.24, 2.45) is 0 Å². The van der Waals surface area contributed by atoms with E-state index in [0.717, 1.165) is 11.1 Å². The summed E-state index contributed by atoms with van der Waals surface area (Å²) in [5.74, 6) is -0.247. The zero-order valence-electron chi connectivity index (χ0n) is 9.31. The highest BCUT2D eigenvalue weighted by Gasteiger charge is 2.04. The molecule has 0 spiro atoms. The molecule has 17 heavy (non-hydrogen) atoms. The van der Waals surface area contributed by atoms with Gasteiger partial charge >= 0.3 is 0 Å². The standard InChI is InChI=1S/C14H11FOS/c1-17-14(16)12-4-2-10(3-5-12)11-6-8-13(15)9-7-11/h2-9H,1H3. The minimum Gasteiger partial charge on any atom is -0.282 e. The van der Waals surface area contributed by atoms with E-state index in [-0.39, 0.29) is 10.9 Å². The van der Waals surface area contributed by atoms with E-state index in [9.17, 15) is 9.18 Å². The van der Waals surface area contributed by atoms with E-state index in [1.165, 1.54) is 23.9 Å². The van der Waals surface area contributed by atoms with Gasteiger partial charge in [-0.3, -0.25) is 4.79 Å². The number of thioether (sulfide) groups is 1. The largest absolute Gasteiger partial charge is 0.282 e. The normalized spacial score (nSPS) is 10.2. The summed E-state index contributed by atoms with van der Waals surface area (Å²) >= 11 is 1.19. The summed E-state index contributed by atoms with van der Waals surface area (Å²) < 4.78 is 12.8. The van der Waals surface area contributed by atoms with Crippen molar-refractivity contribution in [2.75, 3.05) is 6.26 Å². The number of halogens is 1. The molecule has 0 N–H and O–H groups in total. The third-order valence-corrected chi connectivity index (χ3v) is 3.09. The molecule has 0 aliphatic rings. The van der Waals surface area contributed by atoms with Crippen LogP contribution in [0.3, 0.4) is 0 Å². The molecule has 0 aliphatic carbocycles. The fourth-order valence-electron chi connectivity index (χ4n) is 1.56. The number of benzene rings is 2. The number of hydrogen-bond donors (Lipinski definition) is 0. The Hall–Kier alpha value is -1.61. The zero-order chi connectivity index (χ0) is 12.3. The molecule has 0 aliphatic heterocycles. The van der Waals surface area contributed by atoms with E-state index in [1.807, 2.05) is 12.1 Å². The third-order valence-electron chi connectivity index (χ3n) is 2.48. The van der Waals surface area contributed by atoms with E-state index < -0.39 is 0 Å². The summed E-state index contributed by atoms with van der Waals surface area (Å²) in [4.78, 5) is 11.4. The lowest BCUT2D eigenvalue weighted by Gasteiger charge is -2.03. The second-order valence-corrected chi connectivity index (χ2v) is 4.35. The summed E-state index contributed by atoms with van der Waals surface area (Å²) in [7, 11) is 0. The molecule has 0 radical (unpaired) electrons. The van der Waals surface area contributed by atoms with Crippen LogP contribution in [-0.4, -0.2) is 11.4 Å². The maximum atomic E-state index is 12.8. The molecule has 2 aromatic rings. The van der Waals surface area contributed by atoms with Crippen molar-refractivity contribution in [2.45, 2.75) is 0 Å². The van der Waals surface area contributed by atoms with Crippen molar-refractivity contribution in [3.63, 3.8) is 0 Å². The third kappa shape index (κ3) is 2.74. The van der Waals surface area contributed by atoms with Crippen LogP contribution in [0.1, 0.15) is 10.4 Å². The molecule has 0 atom stereocenters. The molecule has 0 saturated carbocycles. The molecule has 0 fully saturated rings. The lowest BCUT2D eigenvalue weighted by molar-refractivity contribution is 0.108. The molecular formula is C14H11FOS. The predicted octanol–water partition coefficient (Wildman–Crippen LogP) is 4.00. The van der Waals surface area contributed by atoms with Crippen molar-refractivity contribution in [1.29, 1.82) is 0 Å². The molecule has 2 rings (SSSR count). The van der Waals surface area contributed by atoms with Gasteiger partial charge in [0.2, 0.25) is 5.12 Å². The van der Waals surface area contributed by atoms with Crippen LogP contribution in [0, 0.1) is 5.82 Å². The smallest absolute Gasteiger partial charge is 0.219 e. The Bertz CT molecular complexity index is 517. The van der Waals surface area contributed by atoms with Gasteiger partial charge < -0.3 is 0 Å². The van der Waals surface area contributed by atoms with Gasteiger partial charge in [0, 0.05) is 5.56 Å². The van der Waals surface area contributed by atoms with Gasteiger partial charge in [0.1, 0.15) is 5.82 Å². The molecule has 0 saturated heterocycles. The fraction of sp³-hybridized carbons (Fsp3) is 0.0714. The van der Waals surface area contributed by atoms with Gasteiger partial charge in [-0.25, -0.2) is 4.39 Å². The molecule has 0 unspecified atom stereocenters. The summed E-state index contributed by atoms with van der Waals surface area (Å²) in [6, 6.07) is 13.6.